The van der Waals surface area contributed by atoms with Gasteiger partial charge in [-0.15, -0.1) is 0 Å². The van der Waals surface area contributed by atoms with Crippen LogP contribution in [0.4, 0.5) is 14.9 Å². The topological polar surface area (TPSA) is 58.6 Å². The average Bonchev–Trinajstić information content (AvgIpc) is 2.90. The number of hydrogen-bond acceptors (Lipinski definition) is 5. The van der Waals surface area contributed by atoms with Crippen molar-refractivity contribution in [3.05, 3.63) is 64.8 Å². The molecule has 134 valence electrons. The van der Waals surface area contributed by atoms with Crippen molar-refractivity contribution in [2.24, 2.45) is 0 Å². The third-order valence-electron chi connectivity index (χ3n) is 3.66. The van der Waals surface area contributed by atoms with Crippen molar-refractivity contribution >= 4 is 34.7 Å². The molecule has 7 heteroatoms. The molecule has 0 saturated carbocycles. The number of imide groups is 1. The van der Waals surface area contributed by atoms with Gasteiger partial charge in [0.2, 0.25) is 0 Å². The first-order valence-corrected chi connectivity index (χ1v) is 8.86. The third kappa shape index (κ3) is 4.05. The Morgan fingerprint density at radius 3 is 2.62 bits per heavy atom. The van der Waals surface area contributed by atoms with Crippen LogP contribution in [0.1, 0.15) is 12.5 Å². The fraction of sp³-hybridized carbons (Fsp3) is 0.158. The summed E-state index contributed by atoms with van der Waals surface area (Å²) in [5, 5.41) is 2.59. The number of nitrogens with one attached hydrogen (secondary N) is 1. The average molecular weight is 372 g/mol. The molecule has 1 saturated heterocycles. The van der Waals surface area contributed by atoms with Crippen molar-refractivity contribution in [3.8, 4) is 5.75 Å². The van der Waals surface area contributed by atoms with Crippen molar-refractivity contribution in [2.45, 2.75) is 6.92 Å². The summed E-state index contributed by atoms with van der Waals surface area (Å²) >= 11 is 0.884. The molecule has 26 heavy (non-hydrogen) atoms. The summed E-state index contributed by atoms with van der Waals surface area (Å²) in [5.41, 5.74) is 1.36. The van der Waals surface area contributed by atoms with Gasteiger partial charge < -0.3 is 10.1 Å². The number of anilines is 1. The predicted molar refractivity (Wildman–Crippen MR) is 100 cm³/mol. The van der Waals surface area contributed by atoms with Gasteiger partial charge in [0.25, 0.3) is 11.1 Å². The molecule has 2 aromatic carbocycles. The second-order valence-electron chi connectivity index (χ2n) is 5.42. The maximum atomic E-state index is 12.9. The number of benzene rings is 2. The van der Waals surface area contributed by atoms with Crippen molar-refractivity contribution in [3.63, 3.8) is 0 Å². The van der Waals surface area contributed by atoms with Gasteiger partial charge in [-0.1, -0.05) is 18.2 Å². The number of para-hydroxylation sites is 1. The van der Waals surface area contributed by atoms with E-state index < -0.39 is 0 Å². The molecule has 0 aliphatic carbocycles. The Morgan fingerprint density at radius 1 is 1.15 bits per heavy atom. The number of nitrogens with zero attached hydrogens (tertiary/aromatic N) is 1. The highest BCUT2D eigenvalue weighted by molar-refractivity contribution is 8.18. The molecule has 0 spiro atoms. The van der Waals surface area contributed by atoms with Crippen LogP contribution in [0.5, 0.6) is 5.75 Å². The Balaban J connectivity index is 1.73. The number of ether oxygens (including phenoxy) is 1. The zero-order valence-corrected chi connectivity index (χ0v) is 14.9. The molecule has 5 nitrogen and oxygen atoms in total. The number of rotatable bonds is 6. The summed E-state index contributed by atoms with van der Waals surface area (Å²) in [6.45, 7) is 2.40. The van der Waals surface area contributed by atoms with Gasteiger partial charge in [0, 0.05) is 11.3 Å². The zero-order valence-electron chi connectivity index (χ0n) is 14.1. The molecule has 0 radical (unpaired) electrons. The lowest BCUT2D eigenvalue weighted by Crippen LogP contribution is -2.33. The van der Waals surface area contributed by atoms with Crippen LogP contribution >= 0.6 is 11.8 Å². The summed E-state index contributed by atoms with van der Waals surface area (Å²) in [6, 6.07) is 13.0. The van der Waals surface area contributed by atoms with E-state index in [0.29, 0.717) is 22.9 Å². The van der Waals surface area contributed by atoms with Crippen molar-refractivity contribution in [1.82, 2.24) is 4.90 Å². The van der Waals surface area contributed by atoms with Crippen LogP contribution in [0.2, 0.25) is 0 Å². The van der Waals surface area contributed by atoms with E-state index in [2.05, 4.69) is 5.32 Å². The summed E-state index contributed by atoms with van der Waals surface area (Å²) in [4.78, 5) is 26.2. The highest BCUT2D eigenvalue weighted by Gasteiger charge is 2.35. The summed E-state index contributed by atoms with van der Waals surface area (Å²) in [7, 11) is 0. The molecule has 1 fully saturated rings. The predicted octanol–water partition coefficient (Wildman–Crippen LogP) is 4.33. The Morgan fingerprint density at radius 2 is 1.88 bits per heavy atom. The molecular weight excluding hydrogens is 355 g/mol. The molecule has 0 unspecified atom stereocenters. The van der Waals surface area contributed by atoms with Crippen LogP contribution in [0, 0.1) is 5.82 Å². The van der Waals surface area contributed by atoms with Crippen LogP contribution in [-0.2, 0) is 4.79 Å². The summed E-state index contributed by atoms with van der Waals surface area (Å²) in [6.07, 6.45) is 1.66. The fourth-order valence-corrected chi connectivity index (χ4v) is 3.23. The second kappa shape index (κ2) is 8.05. The van der Waals surface area contributed by atoms with E-state index >= 15 is 0 Å². The molecule has 0 atom stereocenters. The lowest BCUT2D eigenvalue weighted by atomic mass is 10.2. The lowest BCUT2D eigenvalue weighted by Gasteiger charge is -2.14. The number of halogens is 1. The molecule has 0 bridgehead atoms. The molecule has 3 rings (SSSR count). The Labute approximate surface area is 154 Å². The van der Waals surface area contributed by atoms with Gasteiger partial charge in [-0.2, -0.15) is 0 Å². The molecule has 2 amide bonds. The first-order chi connectivity index (χ1) is 12.6. The molecule has 1 aliphatic rings. The van der Waals surface area contributed by atoms with Crippen molar-refractivity contribution in [2.75, 3.05) is 18.6 Å². The number of thioether (sulfide) groups is 1. The van der Waals surface area contributed by atoms with E-state index in [1.807, 2.05) is 31.2 Å². The van der Waals surface area contributed by atoms with E-state index in [4.69, 9.17) is 4.74 Å². The Kier molecular flexibility index (Phi) is 5.58. The number of amides is 2. The van der Waals surface area contributed by atoms with Gasteiger partial charge in [0.1, 0.15) is 11.6 Å². The monoisotopic (exact) mass is 372 g/mol. The second-order valence-corrected chi connectivity index (χ2v) is 6.42. The zero-order chi connectivity index (χ0) is 18.5. The first-order valence-electron chi connectivity index (χ1n) is 8.05. The van der Waals surface area contributed by atoms with Gasteiger partial charge in [-0.25, -0.2) is 4.39 Å². The molecule has 0 aromatic heterocycles. The van der Waals surface area contributed by atoms with Crippen molar-refractivity contribution in [1.29, 1.82) is 0 Å². The van der Waals surface area contributed by atoms with Crippen LogP contribution < -0.4 is 10.1 Å². The van der Waals surface area contributed by atoms with E-state index in [0.717, 1.165) is 22.2 Å². The first kappa shape index (κ1) is 18.0. The van der Waals surface area contributed by atoms with Gasteiger partial charge in [-0.3, -0.25) is 14.5 Å². The summed E-state index contributed by atoms with van der Waals surface area (Å²) < 4.78 is 18.5. The van der Waals surface area contributed by atoms with E-state index in [1.165, 1.54) is 12.1 Å². The van der Waals surface area contributed by atoms with E-state index in [9.17, 15) is 14.0 Å². The number of hydrogen-bond donors (Lipinski definition) is 1. The number of carbonyl (C=O) groups is 2. The summed E-state index contributed by atoms with van der Waals surface area (Å²) in [5.74, 6) is -0.0650. The van der Waals surface area contributed by atoms with Gasteiger partial charge >= 0.3 is 0 Å². The van der Waals surface area contributed by atoms with Crippen LogP contribution in [-0.4, -0.2) is 29.3 Å². The minimum atomic E-state index is -0.374. The molecule has 1 aliphatic heterocycles. The molecule has 1 heterocycles. The van der Waals surface area contributed by atoms with Gasteiger partial charge in [0.15, 0.2) is 0 Å². The lowest BCUT2D eigenvalue weighted by molar-refractivity contribution is -0.122. The van der Waals surface area contributed by atoms with E-state index in [-0.39, 0.29) is 23.6 Å². The Bertz CT molecular complexity index is 852. The Hall–Kier alpha value is -2.80. The SMILES string of the molecule is CCOc1ccccc1C=C1SC(=O)N(CNc2ccc(F)cc2)C1=O. The minimum Gasteiger partial charge on any atom is -0.493 e. The standard InChI is InChI=1S/C19H17FN2O3S/c1-2-25-16-6-4-3-5-13(16)11-17-18(23)22(19(24)26-17)12-21-15-9-7-14(20)8-10-15/h3-11,21H,2,12H2,1H3. The van der Waals surface area contributed by atoms with E-state index in [1.54, 1.807) is 18.2 Å². The molecule has 2 aromatic rings. The minimum absolute atomic E-state index is 0.0146. The molecule has 1 N–H and O–H groups in total. The largest absolute Gasteiger partial charge is 0.493 e. The van der Waals surface area contributed by atoms with Crippen molar-refractivity contribution < 1.29 is 18.7 Å². The van der Waals surface area contributed by atoms with Crippen LogP contribution in [0.25, 0.3) is 6.08 Å². The molecular formula is C19H17FN2O3S. The van der Waals surface area contributed by atoms with Gasteiger partial charge in [0.05, 0.1) is 18.2 Å². The van der Waals surface area contributed by atoms with Gasteiger partial charge in [-0.05, 0) is 55.1 Å². The maximum Gasteiger partial charge on any atom is 0.295 e. The normalized spacial score (nSPS) is 15.6. The van der Waals surface area contributed by atoms with Crippen LogP contribution in [0.15, 0.2) is 53.4 Å². The maximum absolute atomic E-state index is 12.9. The number of carbonyl (C=O) groups excluding carboxylic acids is 2. The smallest absolute Gasteiger partial charge is 0.295 e. The van der Waals surface area contributed by atoms with Crippen LogP contribution in [0.3, 0.4) is 0 Å². The fourth-order valence-electron chi connectivity index (χ4n) is 2.40. The highest BCUT2D eigenvalue weighted by atomic mass is 32.2. The third-order valence-corrected chi connectivity index (χ3v) is 4.57. The quantitative estimate of drug-likeness (QED) is 0.765. The highest BCUT2D eigenvalue weighted by Crippen LogP contribution is 2.33.